The second-order valence-corrected chi connectivity index (χ2v) is 34.3. The minimum absolute atomic E-state index is 0.0179. The van der Waals surface area contributed by atoms with Crippen LogP contribution in [0.4, 0.5) is 51.2 Å². The maximum atomic E-state index is 2.74. The van der Waals surface area contributed by atoms with Crippen molar-refractivity contribution in [3.05, 3.63) is 239 Å². The van der Waals surface area contributed by atoms with Crippen LogP contribution < -0.4 is 31.1 Å². The standard InChI is InChI=1S/C87H90BN3S/c1-81(2,3)56-31-36-59(37-32-56)89(60-38-33-57(34-39-60)82(4,5)6)62-49-75-80-76(50-62)91(72-43-35-58(83(7,8)9)47-65(72)54-24-19-18-20-25-54)73-42-30-55(63-27-23-29-78-79(63)64-26-21-22-28-77(64)92-78)46-70(73)88(80)71-51-68-69(85(12,13)45-44-84(68,10)11)52-74(71)90(75)61-40-41-66-67(48-61)87(16,17)53-86(66,14)15/h18-43,46-52H,44-45,53H2,1-17H3. The van der Waals surface area contributed by atoms with Crippen molar-refractivity contribution in [3.8, 4) is 22.3 Å². The van der Waals surface area contributed by atoms with E-state index in [1.807, 2.05) is 11.3 Å². The lowest BCUT2D eigenvalue weighted by Crippen LogP contribution is -2.62. The molecule has 3 heterocycles. The van der Waals surface area contributed by atoms with Gasteiger partial charge in [0.15, 0.2) is 0 Å². The van der Waals surface area contributed by atoms with Crippen LogP contribution in [-0.2, 0) is 37.9 Å². The summed E-state index contributed by atoms with van der Waals surface area (Å²) in [5.74, 6) is 0. The number of benzene rings is 10. The second kappa shape index (κ2) is 20.7. The topological polar surface area (TPSA) is 9.72 Å². The van der Waals surface area contributed by atoms with E-state index < -0.39 is 0 Å². The Bertz CT molecular complexity index is 4730. The molecule has 5 heteroatoms. The number of hydrogen-bond donors (Lipinski definition) is 0. The zero-order valence-corrected chi connectivity index (χ0v) is 58.3. The summed E-state index contributed by atoms with van der Waals surface area (Å²) in [6.07, 6.45) is 3.35. The molecule has 0 saturated carbocycles. The molecule has 0 fully saturated rings. The van der Waals surface area contributed by atoms with Crippen molar-refractivity contribution in [2.24, 2.45) is 0 Å². The first-order valence-electron chi connectivity index (χ1n) is 33.8. The third-order valence-corrected chi connectivity index (χ3v) is 22.9. The zero-order valence-electron chi connectivity index (χ0n) is 57.5. The highest BCUT2D eigenvalue weighted by molar-refractivity contribution is 7.26. The van der Waals surface area contributed by atoms with Crippen LogP contribution in [0, 0.1) is 0 Å². The average Bonchev–Trinajstić information content (AvgIpc) is 0.746. The normalized spacial score (nSPS) is 16.7. The van der Waals surface area contributed by atoms with Crippen LogP contribution in [-0.4, -0.2) is 6.71 Å². The van der Waals surface area contributed by atoms with Crippen molar-refractivity contribution in [2.75, 3.05) is 14.7 Å². The fraction of sp³-hybridized carbons (Fsp3) is 0.310. The molecular weight excluding hydrogens is 1130 g/mol. The lowest BCUT2D eigenvalue weighted by atomic mass is 9.33. The van der Waals surface area contributed by atoms with Gasteiger partial charge in [0.1, 0.15) is 0 Å². The maximum absolute atomic E-state index is 2.74. The Balaban J connectivity index is 1.11. The molecule has 0 atom stereocenters. The van der Waals surface area contributed by atoms with E-state index in [4.69, 9.17) is 0 Å². The van der Waals surface area contributed by atoms with E-state index in [1.54, 1.807) is 0 Å². The molecule has 0 bridgehead atoms. The highest BCUT2D eigenvalue weighted by atomic mass is 32.1. The van der Waals surface area contributed by atoms with E-state index in [1.165, 1.54) is 126 Å². The minimum Gasteiger partial charge on any atom is -0.311 e. The van der Waals surface area contributed by atoms with Crippen molar-refractivity contribution < 1.29 is 0 Å². The predicted molar refractivity (Wildman–Crippen MR) is 401 cm³/mol. The number of nitrogens with zero attached hydrogens (tertiary/aromatic N) is 3. The van der Waals surface area contributed by atoms with Gasteiger partial charge >= 0.3 is 0 Å². The summed E-state index contributed by atoms with van der Waals surface area (Å²) in [5, 5.41) is 2.65. The van der Waals surface area contributed by atoms with E-state index in [9.17, 15) is 0 Å². The van der Waals surface area contributed by atoms with E-state index in [2.05, 4.69) is 333 Å². The van der Waals surface area contributed by atoms with E-state index in [0.717, 1.165) is 42.0 Å². The molecule has 0 N–H and O–H groups in total. The third-order valence-electron chi connectivity index (χ3n) is 21.8. The van der Waals surface area contributed by atoms with Gasteiger partial charge in [-0.1, -0.05) is 233 Å². The van der Waals surface area contributed by atoms with Gasteiger partial charge in [-0.2, -0.15) is 0 Å². The largest absolute Gasteiger partial charge is 0.311 e. The van der Waals surface area contributed by atoms with Crippen LogP contribution in [0.5, 0.6) is 0 Å². The fourth-order valence-electron chi connectivity index (χ4n) is 16.7. The van der Waals surface area contributed by atoms with Crippen molar-refractivity contribution in [1.29, 1.82) is 0 Å². The molecule has 92 heavy (non-hydrogen) atoms. The number of thiophene rings is 1. The van der Waals surface area contributed by atoms with Crippen molar-refractivity contribution >= 4 is 106 Å². The Morgan fingerprint density at radius 1 is 0.380 bits per heavy atom. The molecule has 0 amide bonds. The Kier molecular flexibility index (Phi) is 13.5. The molecule has 15 rings (SSSR count). The molecule has 2 aliphatic heterocycles. The lowest BCUT2D eigenvalue weighted by molar-refractivity contribution is 0.332. The molecule has 11 aromatic rings. The SMILES string of the molecule is CC(C)(C)c1ccc(N(c2ccc(C(C)(C)C)cc2)c2cc3c4c(c2)N(c2ccc(C(C)(C)C)cc2-c2ccccc2)c2ccc(-c5cccc6sc7ccccc7c56)cc2B4c2cc4c(cc2N3c2ccc3c(c2)C(C)(C)CC3(C)C)C(C)(C)CCC4(C)C)cc1. The smallest absolute Gasteiger partial charge is 0.252 e. The minimum atomic E-state index is -0.138. The Labute approximate surface area is 553 Å². The Morgan fingerprint density at radius 2 is 0.924 bits per heavy atom. The van der Waals surface area contributed by atoms with Gasteiger partial charge in [-0.3, -0.25) is 0 Å². The van der Waals surface area contributed by atoms with Gasteiger partial charge in [0.2, 0.25) is 0 Å². The third kappa shape index (κ3) is 9.71. The predicted octanol–water partition coefficient (Wildman–Crippen LogP) is 23.1. The van der Waals surface area contributed by atoms with Gasteiger partial charge in [-0.05, 0) is 214 Å². The van der Waals surface area contributed by atoms with Crippen molar-refractivity contribution in [1.82, 2.24) is 0 Å². The highest BCUT2D eigenvalue weighted by Gasteiger charge is 2.49. The van der Waals surface area contributed by atoms with Gasteiger partial charge in [-0.25, -0.2) is 0 Å². The van der Waals surface area contributed by atoms with E-state index in [-0.39, 0.29) is 44.6 Å². The summed E-state index contributed by atoms with van der Waals surface area (Å²) >= 11 is 1.90. The number of anilines is 9. The zero-order chi connectivity index (χ0) is 64.6. The van der Waals surface area contributed by atoms with Crippen LogP contribution in [0.3, 0.4) is 0 Å². The summed E-state index contributed by atoms with van der Waals surface area (Å²) in [7, 11) is 0. The van der Waals surface area contributed by atoms with Gasteiger partial charge in [0, 0.05) is 65.5 Å². The van der Waals surface area contributed by atoms with Crippen molar-refractivity contribution in [2.45, 2.75) is 175 Å². The molecular formula is C87H90BN3S. The molecule has 4 aliphatic rings. The summed E-state index contributed by atoms with van der Waals surface area (Å²) in [6.45, 7) is 40.7. The Hall–Kier alpha value is -8.12. The van der Waals surface area contributed by atoms with Crippen LogP contribution in [0.2, 0.25) is 0 Å². The lowest BCUT2D eigenvalue weighted by Gasteiger charge is -2.48. The molecule has 0 saturated heterocycles. The molecule has 0 radical (unpaired) electrons. The van der Waals surface area contributed by atoms with Crippen LogP contribution in [0.1, 0.15) is 176 Å². The molecule has 462 valence electrons. The van der Waals surface area contributed by atoms with E-state index >= 15 is 0 Å². The summed E-state index contributed by atoms with van der Waals surface area (Å²) < 4.78 is 2.64. The van der Waals surface area contributed by atoms with Crippen molar-refractivity contribution in [3.63, 3.8) is 0 Å². The molecule has 2 aliphatic carbocycles. The van der Waals surface area contributed by atoms with Gasteiger partial charge in [-0.15, -0.1) is 11.3 Å². The summed E-state index contributed by atoms with van der Waals surface area (Å²) in [6, 6.07) is 79.1. The first kappa shape index (κ1) is 60.1. The average molecular weight is 1220 g/mol. The highest BCUT2D eigenvalue weighted by Crippen LogP contribution is 2.56. The molecule has 3 nitrogen and oxygen atoms in total. The molecule has 10 aromatic carbocycles. The molecule has 0 unspecified atom stereocenters. The quantitative estimate of drug-likeness (QED) is 0.147. The van der Waals surface area contributed by atoms with Crippen LogP contribution in [0.25, 0.3) is 42.4 Å². The first-order valence-corrected chi connectivity index (χ1v) is 34.7. The van der Waals surface area contributed by atoms with E-state index in [0.29, 0.717) is 0 Å². The number of rotatable bonds is 7. The first-order chi connectivity index (χ1) is 43.5. The number of fused-ring (bicyclic) bond motifs is 9. The van der Waals surface area contributed by atoms with Gasteiger partial charge in [0.05, 0.1) is 11.4 Å². The monoisotopic (exact) mass is 1220 g/mol. The fourth-order valence-corrected chi connectivity index (χ4v) is 17.9. The summed E-state index contributed by atoms with van der Waals surface area (Å²) in [4.78, 5) is 7.98. The van der Waals surface area contributed by atoms with Crippen LogP contribution >= 0.6 is 11.3 Å². The summed E-state index contributed by atoms with van der Waals surface area (Å²) in [5.41, 5.74) is 29.1. The van der Waals surface area contributed by atoms with Gasteiger partial charge < -0.3 is 14.7 Å². The molecule has 0 spiro atoms. The second-order valence-electron chi connectivity index (χ2n) is 33.2. The van der Waals surface area contributed by atoms with Gasteiger partial charge in [0.25, 0.3) is 6.71 Å². The maximum Gasteiger partial charge on any atom is 0.252 e. The Morgan fingerprint density at radius 3 is 1.57 bits per heavy atom. The number of hydrogen-bond acceptors (Lipinski definition) is 4. The van der Waals surface area contributed by atoms with Crippen LogP contribution in [0.15, 0.2) is 200 Å². The molecule has 1 aromatic heterocycles.